The Hall–Kier alpha value is -2.67. The molecule has 1 saturated heterocycles. The smallest absolute Gasteiger partial charge is 0.257 e. The molecule has 1 unspecified atom stereocenters. The van der Waals surface area contributed by atoms with Gasteiger partial charge in [-0.15, -0.1) is 0 Å². The number of anilines is 1. The number of hydrogen-bond donors (Lipinski definition) is 1. The molecular formula is C20H24FN3O3. The largest absolute Gasteiger partial charge is 0.480 e. The maximum Gasteiger partial charge on any atom is 0.257 e. The fourth-order valence-corrected chi connectivity index (χ4v) is 3.18. The number of benzene rings is 1. The molecule has 2 heterocycles. The number of carbonyl (C=O) groups excluding carboxylic acids is 1. The van der Waals surface area contributed by atoms with Gasteiger partial charge in [0.25, 0.3) is 5.91 Å². The Balaban J connectivity index is 1.81. The normalized spacial score (nSPS) is 16.9. The monoisotopic (exact) mass is 373 g/mol. The van der Waals surface area contributed by atoms with Gasteiger partial charge in [-0.2, -0.15) is 4.98 Å². The number of nitrogens with zero attached hydrogens (tertiary/aromatic N) is 2. The first-order chi connectivity index (χ1) is 13.0. The van der Waals surface area contributed by atoms with E-state index in [0.29, 0.717) is 24.3 Å². The Labute approximate surface area is 158 Å². The zero-order chi connectivity index (χ0) is 19.4. The van der Waals surface area contributed by atoms with Gasteiger partial charge in [-0.1, -0.05) is 12.1 Å². The second kappa shape index (κ2) is 8.35. The van der Waals surface area contributed by atoms with Crippen LogP contribution >= 0.6 is 0 Å². The van der Waals surface area contributed by atoms with E-state index in [9.17, 15) is 9.18 Å². The molecule has 1 N–H and O–H groups in total. The van der Waals surface area contributed by atoms with Gasteiger partial charge in [0.05, 0.1) is 26.4 Å². The summed E-state index contributed by atoms with van der Waals surface area (Å²) in [5.41, 5.74) is 1.84. The molecule has 0 radical (unpaired) electrons. The number of nitrogens with one attached hydrogen (secondary N) is 1. The molecule has 0 bridgehead atoms. The van der Waals surface area contributed by atoms with Crippen molar-refractivity contribution in [1.82, 2.24) is 10.3 Å². The van der Waals surface area contributed by atoms with E-state index in [4.69, 9.17) is 9.47 Å². The molecule has 7 heteroatoms. The second-order valence-electron chi connectivity index (χ2n) is 6.61. The first-order valence-corrected chi connectivity index (χ1v) is 8.92. The maximum atomic E-state index is 13.3. The van der Waals surface area contributed by atoms with Crippen LogP contribution < -0.4 is 15.0 Å². The van der Waals surface area contributed by atoms with E-state index in [0.717, 1.165) is 17.9 Å². The Morgan fingerprint density at radius 2 is 2.26 bits per heavy atom. The molecule has 1 aliphatic heterocycles. The summed E-state index contributed by atoms with van der Waals surface area (Å²) in [6.07, 6.45) is 0. The number of ether oxygens (including phenoxy) is 2. The summed E-state index contributed by atoms with van der Waals surface area (Å²) in [5, 5.41) is 2.81. The Bertz CT molecular complexity index is 828. The lowest BCUT2D eigenvalue weighted by Gasteiger charge is -2.34. The number of rotatable bonds is 5. The van der Waals surface area contributed by atoms with E-state index in [-0.39, 0.29) is 30.2 Å². The molecular weight excluding hydrogens is 349 g/mol. The Kier molecular flexibility index (Phi) is 5.91. The number of morpholine rings is 1. The molecule has 27 heavy (non-hydrogen) atoms. The minimum absolute atomic E-state index is 0.197. The Morgan fingerprint density at radius 1 is 1.44 bits per heavy atom. The van der Waals surface area contributed by atoms with Crippen LogP contribution in [-0.2, 0) is 11.3 Å². The molecule has 0 aliphatic carbocycles. The van der Waals surface area contributed by atoms with E-state index >= 15 is 0 Å². The van der Waals surface area contributed by atoms with Crippen molar-refractivity contribution in [2.75, 3.05) is 31.8 Å². The van der Waals surface area contributed by atoms with Gasteiger partial charge in [0, 0.05) is 13.1 Å². The van der Waals surface area contributed by atoms with Crippen molar-refractivity contribution in [3.05, 3.63) is 52.8 Å². The predicted molar refractivity (Wildman–Crippen MR) is 101 cm³/mol. The molecule has 0 spiro atoms. The summed E-state index contributed by atoms with van der Waals surface area (Å²) in [6.45, 7) is 6.17. The highest BCUT2D eigenvalue weighted by Gasteiger charge is 2.24. The van der Waals surface area contributed by atoms with Crippen LogP contribution in [-0.4, -0.2) is 43.8 Å². The van der Waals surface area contributed by atoms with Crippen LogP contribution in [0.4, 0.5) is 10.2 Å². The topological polar surface area (TPSA) is 63.7 Å². The number of aromatic nitrogens is 1. The van der Waals surface area contributed by atoms with Gasteiger partial charge in [0.2, 0.25) is 5.88 Å². The first kappa shape index (κ1) is 19.1. The zero-order valence-corrected chi connectivity index (χ0v) is 15.8. The van der Waals surface area contributed by atoms with Crippen LogP contribution in [0.3, 0.4) is 0 Å². The average molecular weight is 373 g/mol. The standard InChI is InChI=1S/C20H24FN3O3/c1-13-9-17(24-7-8-27-12-14(24)2)23-20(26-3)18(13)19(25)22-11-15-5-4-6-16(21)10-15/h4-6,9-10,14H,7-8,11-12H2,1-3H3,(H,22,25). The van der Waals surface area contributed by atoms with Crippen molar-refractivity contribution in [1.29, 1.82) is 0 Å². The third-order valence-corrected chi connectivity index (χ3v) is 4.59. The van der Waals surface area contributed by atoms with E-state index < -0.39 is 0 Å². The molecule has 1 aromatic carbocycles. The van der Waals surface area contributed by atoms with Crippen molar-refractivity contribution in [3.8, 4) is 5.88 Å². The number of pyridine rings is 1. The van der Waals surface area contributed by atoms with Crippen molar-refractivity contribution in [2.24, 2.45) is 0 Å². The number of aryl methyl sites for hydroxylation is 1. The fourth-order valence-electron chi connectivity index (χ4n) is 3.18. The van der Waals surface area contributed by atoms with Crippen LogP contribution in [0.1, 0.15) is 28.4 Å². The summed E-state index contributed by atoms with van der Waals surface area (Å²) in [6, 6.07) is 8.22. The van der Waals surface area contributed by atoms with Crippen molar-refractivity contribution in [2.45, 2.75) is 26.4 Å². The lowest BCUT2D eigenvalue weighted by molar-refractivity contribution is 0.0944. The number of halogens is 1. The summed E-state index contributed by atoms with van der Waals surface area (Å²) in [7, 11) is 1.50. The van der Waals surface area contributed by atoms with E-state index in [1.54, 1.807) is 12.1 Å². The van der Waals surface area contributed by atoms with Gasteiger partial charge >= 0.3 is 0 Å². The highest BCUT2D eigenvalue weighted by Crippen LogP contribution is 2.27. The van der Waals surface area contributed by atoms with E-state index in [1.165, 1.54) is 19.2 Å². The highest BCUT2D eigenvalue weighted by molar-refractivity contribution is 5.98. The van der Waals surface area contributed by atoms with Crippen LogP contribution in [0.2, 0.25) is 0 Å². The van der Waals surface area contributed by atoms with Gasteiger partial charge < -0.3 is 19.7 Å². The lowest BCUT2D eigenvalue weighted by atomic mass is 10.1. The first-order valence-electron chi connectivity index (χ1n) is 8.92. The van der Waals surface area contributed by atoms with Gasteiger partial charge in [-0.25, -0.2) is 4.39 Å². The third kappa shape index (κ3) is 4.36. The molecule has 1 aromatic heterocycles. The van der Waals surface area contributed by atoms with Crippen LogP contribution in [0.5, 0.6) is 5.88 Å². The summed E-state index contributed by atoms with van der Waals surface area (Å²) < 4.78 is 24.2. The predicted octanol–water partition coefficient (Wildman–Crippen LogP) is 2.69. The van der Waals surface area contributed by atoms with Gasteiger partial charge in [0.1, 0.15) is 17.2 Å². The summed E-state index contributed by atoms with van der Waals surface area (Å²) >= 11 is 0. The molecule has 3 rings (SSSR count). The number of methoxy groups -OCH3 is 1. The van der Waals surface area contributed by atoms with Crippen molar-refractivity contribution < 1.29 is 18.7 Å². The quantitative estimate of drug-likeness (QED) is 0.873. The molecule has 1 atom stereocenters. The zero-order valence-electron chi connectivity index (χ0n) is 15.8. The minimum Gasteiger partial charge on any atom is -0.480 e. The highest BCUT2D eigenvalue weighted by atomic mass is 19.1. The average Bonchev–Trinajstić information content (AvgIpc) is 2.66. The SMILES string of the molecule is COc1nc(N2CCOCC2C)cc(C)c1C(=O)NCc1cccc(F)c1. The van der Waals surface area contributed by atoms with E-state index in [1.807, 2.05) is 13.0 Å². The molecule has 0 saturated carbocycles. The van der Waals surface area contributed by atoms with Gasteiger partial charge in [0.15, 0.2) is 0 Å². The molecule has 144 valence electrons. The number of carbonyl (C=O) groups is 1. The molecule has 1 fully saturated rings. The maximum absolute atomic E-state index is 13.3. The second-order valence-corrected chi connectivity index (χ2v) is 6.61. The summed E-state index contributed by atoms with van der Waals surface area (Å²) in [5.74, 6) is 0.408. The van der Waals surface area contributed by atoms with Crippen molar-refractivity contribution in [3.63, 3.8) is 0 Å². The molecule has 6 nitrogen and oxygen atoms in total. The van der Waals surface area contributed by atoms with Crippen LogP contribution in [0.15, 0.2) is 30.3 Å². The van der Waals surface area contributed by atoms with Gasteiger partial charge in [-0.05, 0) is 43.2 Å². The molecule has 1 amide bonds. The third-order valence-electron chi connectivity index (χ3n) is 4.59. The number of hydrogen-bond acceptors (Lipinski definition) is 5. The van der Waals surface area contributed by atoms with E-state index in [2.05, 4.69) is 22.1 Å². The number of amides is 1. The minimum atomic E-state index is -0.332. The van der Waals surface area contributed by atoms with Gasteiger partial charge in [-0.3, -0.25) is 4.79 Å². The van der Waals surface area contributed by atoms with Crippen LogP contribution in [0.25, 0.3) is 0 Å². The van der Waals surface area contributed by atoms with Crippen molar-refractivity contribution >= 4 is 11.7 Å². The lowest BCUT2D eigenvalue weighted by Crippen LogP contribution is -2.44. The fraction of sp³-hybridized carbons (Fsp3) is 0.400. The molecule has 2 aromatic rings. The Morgan fingerprint density at radius 3 is 2.96 bits per heavy atom. The van der Waals surface area contributed by atoms with Crippen LogP contribution in [0, 0.1) is 12.7 Å². The summed E-state index contributed by atoms with van der Waals surface area (Å²) in [4.78, 5) is 19.4. The molecule has 1 aliphatic rings.